The third-order valence-electron chi connectivity index (χ3n) is 1.75. The molecule has 0 fully saturated rings. The molecule has 0 saturated heterocycles. The quantitative estimate of drug-likeness (QED) is 0.368. The monoisotopic (exact) mass is 286 g/mol. The van der Waals surface area contributed by atoms with Gasteiger partial charge >= 0.3 is 12.2 Å². The molecule has 11 heteroatoms. The van der Waals surface area contributed by atoms with Crippen LogP contribution in [0.2, 0.25) is 0 Å². The van der Waals surface area contributed by atoms with E-state index < -0.39 is 40.5 Å². The number of pyridine rings is 1. The summed E-state index contributed by atoms with van der Waals surface area (Å²) < 4.78 is 64.4. The summed E-state index contributed by atoms with van der Waals surface area (Å²) in [6.07, 6.45) is -9.05. The normalized spacial score (nSPS) is 11.5. The molecule has 104 valence electrons. The second kappa shape index (κ2) is 5.12. The van der Waals surface area contributed by atoms with E-state index in [-0.39, 0.29) is 12.4 Å². The summed E-state index contributed by atoms with van der Waals surface area (Å²) in [5.41, 5.74) is -2.25. The summed E-state index contributed by atoms with van der Waals surface area (Å²) in [6.45, 7) is 0. The Labute approximate surface area is 101 Å². The highest BCUT2D eigenvalue weighted by Crippen LogP contribution is 2.39. The third-order valence-corrected chi connectivity index (χ3v) is 1.75. The minimum Gasteiger partial charge on any atom is -0.396 e. The van der Waals surface area contributed by atoms with E-state index in [2.05, 4.69) is 9.72 Å². The first kappa shape index (κ1) is 14.7. The molecule has 1 rings (SSSR count). The molecule has 0 aliphatic heterocycles. The van der Waals surface area contributed by atoms with Gasteiger partial charge in [0.1, 0.15) is 0 Å². The minimum absolute atomic E-state index is 0.115. The number of hydrogen-bond acceptors (Lipinski definition) is 5. The number of rotatable bonds is 4. The lowest BCUT2D eigenvalue weighted by Gasteiger charge is -2.12. The van der Waals surface area contributed by atoms with E-state index in [0.29, 0.717) is 0 Å². The van der Waals surface area contributed by atoms with Crippen LogP contribution in [0.1, 0.15) is 22.5 Å². The zero-order valence-corrected chi connectivity index (χ0v) is 8.65. The molecule has 0 atom stereocenters. The summed E-state index contributed by atoms with van der Waals surface area (Å²) in [4.78, 5) is 22.3. The maximum absolute atomic E-state index is 12.5. The summed E-state index contributed by atoms with van der Waals surface area (Å²) in [6, 6.07) is 0.283. The molecule has 0 N–H and O–H groups in total. The van der Waals surface area contributed by atoms with E-state index in [1.165, 1.54) is 0 Å². The van der Waals surface area contributed by atoms with Gasteiger partial charge in [-0.1, -0.05) is 0 Å². The van der Waals surface area contributed by atoms with Crippen molar-refractivity contribution in [2.75, 3.05) is 0 Å². The predicted octanol–water partition coefficient (Wildman–Crippen LogP) is 2.64. The smallest absolute Gasteiger partial charge is 0.396 e. The first-order chi connectivity index (χ1) is 8.65. The minimum atomic E-state index is -5.42. The number of carbonyl (C=O) groups is 1. The van der Waals surface area contributed by atoms with E-state index in [1.807, 2.05) is 0 Å². The number of ether oxygens (including phenoxy) is 1. The van der Waals surface area contributed by atoms with Crippen LogP contribution < -0.4 is 4.74 Å². The zero-order valence-electron chi connectivity index (χ0n) is 8.65. The fourth-order valence-corrected chi connectivity index (χ4v) is 1.13. The van der Waals surface area contributed by atoms with Crippen molar-refractivity contribution in [3.63, 3.8) is 0 Å². The van der Waals surface area contributed by atoms with E-state index in [9.17, 15) is 36.9 Å². The average molecular weight is 286 g/mol. The van der Waals surface area contributed by atoms with Crippen molar-refractivity contribution in [3.05, 3.63) is 27.4 Å². The number of aromatic nitrogens is 1. The SMILES string of the molecule is O=Cc1cc(C(F)F)c(OC(F)(F)F)c([N+](=O)[O-])n1. The second-order valence-electron chi connectivity index (χ2n) is 3.01. The lowest BCUT2D eigenvalue weighted by atomic mass is 10.2. The van der Waals surface area contributed by atoms with Gasteiger partial charge in [0.05, 0.1) is 5.56 Å². The second-order valence-corrected chi connectivity index (χ2v) is 3.01. The number of carbonyl (C=O) groups excluding carboxylic acids is 1. The molecule has 19 heavy (non-hydrogen) atoms. The standard InChI is InChI=1S/C8H3F5N2O4/c9-6(10)4-1-3(2-16)14-7(15(17)18)5(4)19-8(11,12)13/h1-2,6H. The number of nitro groups is 1. The van der Waals surface area contributed by atoms with Crippen LogP contribution in [0.5, 0.6) is 5.75 Å². The highest BCUT2D eigenvalue weighted by atomic mass is 19.4. The van der Waals surface area contributed by atoms with Crippen molar-refractivity contribution in [2.24, 2.45) is 0 Å². The first-order valence-electron chi connectivity index (χ1n) is 4.34. The molecule has 0 amide bonds. The first-order valence-corrected chi connectivity index (χ1v) is 4.34. The van der Waals surface area contributed by atoms with Crippen LogP contribution in [-0.4, -0.2) is 22.6 Å². The van der Waals surface area contributed by atoms with Crippen LogP contribution in [0, 0.1) is 10.1 Å². The van der Waals surface area contributed by atoms with E-state index in [1.54, 1.807) is 0 Å². The summed E-state index contributed by atoms with van der Waals surface area (Å²) in [7, 11) is 0. The van der Waals surface area contributed by atoms with Crippen LogP contribution in [-0.2, 0) is 0 Å². The van der Waals surface area contributed by atoms with Crippen molar-refractivity contribution >= 4 is 12.1 Å². The largest absolute Gasteiger partial charge is 0.573 e. The number of aldehydes is 1. The molecule has 0 saturated carbocycles. The van der Waals surface area contributed by atoms with Crippen LogP contribution in [0.3, 0.4) is 0 Å². The van der Waals surface area contributed by atoms with Gasteiger partial charge in [-0.05, 0) is 9.91 Å². The average Bonchev–Trinajstić information content (AvgIpc) is 2.26. The molecule has 0 aliphatic rings. The Kier molecular flexibility index (Phi) is 3.97. The van der Waals surface area contributed by atoms with Crippen LogP contribution in [0.4, 0.5) is 27.8 Å². The summed E-state index contributed by atoms with van der Waals surface area (Å²) >= 11 is 0. The fraction of sp³-hybridized carbons (Fsp3) is 0.250. The van der Waals surface area contributed by atoms with E-state index in [4.69, 9.17) is 0 Å². The molecule has 0 aromatic carbocycles. The maximum atomic E-state index is 12.5. The molecule has 0 bridgehead atoms. The number of nitrogens with zero attached hydrogens (tertiary/aromatic N) is 2. The van der Waals surface area contributed by atoms with E-state index >= 15 is 0 Å². The molecule has 0 spiro atoms. The van der Waals surface area contributed by atoms with Crippen LogP contribution in [0.25, 0.3) is 0 Å². The van der Waals surface area contributed by atoms with Crippen molar-refractivity contribution in [2.45, 2.75) is 12.8 Å². The maximum Gasteiger partial charge on any atom is 0.573 e. The zero-order chi connectivity index (χ0) is 14.8. The highest BCUT2D eigenvalue weighted by Gasteiger charge is 2.39. The van der Waals surface area contributed by atoms with Gasteiger partial charge in [-0.3, -0.25) is 4.79 Å². The molecule has 0 radical (unpaired) electrons. The highest BCUT2D eigenvalue weighted by molar-refractivity contribution is 5.74. The Hall–Kier alpha value is -2.33. The molecule has 0 aliphatic carbocycles. The third kappa shape index (κ3) is 3.56. The molecular formula is C8H3F5N2O4. The van der Waals surface area contributed by atoms with Crippen LogP contribution >= 0.6 is 0 Å². The number of hydrogen-bond donors (Lipinski definition) is 0. The topological polar surface area (TPSA) is 82.3 Å². The van der Waals surface area contributed by atoms with Gasteiger partial charge in [-0.25, -0.2) is 8.78 Å². The van der Waals surface area contributed by atoms with Gasteiger partial charge in [0, 0.05) is 6.07 Å². The lowest BCUT2D eigenvalue weighted by Crippen LogP contribution is -2.20. The summed E-state index contributed by atoms with van der Waals surface area (Å²) in [5.74, 6) is -3.35. The molecule has 1 aromatic rings. The van der Waals surface area contributed by atoms with Crippen molar-refractivity contribution in [1.82, 2.24) is 4.98 Å². The molecule has 1 heterocycles. The number of halogens is 5. The molecule has 6 nitrogen and oxygen atoms in total. The van der Waals surface area contributed by atoms with Crippen molar-refractivity contribution in [1.29, 1.82) is 0 Å². The Morgan fingerprint density at radius 3 is 2.37 bits per heavy atom. The van der Waals surface area contributed by atoms with Gasteiger partial charge in [-0.15, -0.1) is 13.2 Å². The molecular weight excluding hydrogens is 283 g/mol. The van der Waals surface area contributed by atoms with Crippen LogP contribution in [0.15, 0.2) is 6.07 Å². The Balaban J connectivity index is 3.53. The Morgan fingerprint density at radius 2 is 2.00 bits per heavy atom. The van der Waals surface area contributed by atoms with Gasteiger partial charge in [0.15, 0.2) is 6.29 Å². The molecule has 1 aromatic heterocycles. The number of alkyl halides is 5. The van der Waals surface area contributed by atoms with Gasteiger partial charge in [0.2, 0.25) is 11.4 Å². The molecule has 0 unspecified atom stereocenters. The van der Waals surface area contributed by atoms with Gasteiger partial charge < -0.3 is 14.9 Å². The predicted molar refractivity (Wildman–Crippen MR) is 47.9 cm³/mol. The van der Waals surface area contributed by atoms with Crippen molar-refractivity contribution in [3.8, 4) is 5.75 Å². The lowest BCUT2D eigenvalue weighted by molar-refractivity contribution is -0.393. The van der Waals surface area contributed by atoms with Gasteiger partial charge in [-0.2, -0.15) is 0 Å². The Bertz CT molecular complexity index is 517. The van der Waals surface area contributed by atoms with Gasteiger partial charge in [0.25, 0.3) is 6.43 Å². The fourth-order valence-electron chi connectivity index (χ4n) is 1.13. The summed E-state index contributed by atoms with van der Waals surface area (Å²) in [5, 5.41) is 10.5. The Morgan fingerprint density at radius 1 is 1.42 bits per heavy atom. The van der Waals surface area contributed by atoms with E-state index in [0.717, 1.165) is 0 Å². The van der Waals surface area contributed by atoms with Crippen molar-refractivity contribution < 1.29 is 36.4 Å².